The van der Waals surface area contributed by atoms with Gasteiger partial charge in [-0.2, -0.15) is 0 Å². The van der Waals surface area contributed by atoms with Gasteiger partial charge in [0.05, 0.1) is 5.84 Å². The second-order valence-corrected chi connectivity index (χ2v) is 3.37. The predicted octanol–water partition coefficient (Wildman–Crippen LogP) is 3.07. The van der Waals surface area contributed by atoms with E-state index in [-0.39, 0.29) is 5.75 Å². The maximum Gasteiger partial charge on any atom is 0.573 e. The van der Waals surface area contributed by atoms with Crippen molar-refractivity contribution >= 4 is 11.5 Å². The van der Waals surface area contributed by atoms with E-state index in [1.54, 1.807) is 25.9 Å². The monoisotopic (exact) mass is 246 g/mol. The lowest BCUT2D eigenvalue weighted by Crippen LogP contribution is -2.23. The van der Waals surface area contributed by atoms with Gasteiger partial charge in [0.25, 0.3) is 0 Å². The summed E-state index contributed by atoms with van der Waals surface area (Å²) >= 11 is 0. The summed E-state index contributed by atoms with van der Waals surface area (Å²) in [5.41, 5.74) is 0.739. The Kier molecular flexibility index (Phi) is 3.98. The smallest absolute Gasteiger partial charge is 0.406 e. The van der Waals surface area contributed by atoms with E-state index in [1.165, 1.54) is 24.3 Å². The van der Waals surface area contributed by atoms with Crippen LogP contribution >= 0.6 is 0 Å². The van der Waals surface area contributed by atoms with Crippen molar-refractivity contribution in [2.45, 2.75) is 13.3 Å². The maximum atomic E-state index is 11.9. The van der Waals surface area contributed by atoms with Gasteiger partial charge in [-0.15, -0.1) is 13.2 Å². The van der Waals surface area contributed by atoms with Crippen LogP contribution in [0.25, 0.3) is 0 Å². The largest absolute Gasteiger partial charge is 0.573 e. The molecule has 6 heteroatoms. The Bertz CT molecular complexity index is 398. The fraction of sp³-hybridized carbons (Fsp3) is 0.364. The number of aliphatic imine (C=N–C) groups is 1. The number of halogens is 3. The first-order chi connectivity index (χ1) is 7.83. The van der Waals surface area contributed by atoms with E-state index in [9.17, 15) is 13.2 Å². The predicted molar refractivity (Wildman–Crippen MR) is 60.6 cm³/mol. The number of nitrogens with zero attached hydrogens (tertiary/aromatic N) is 2. The van der Waals surface area contributed by atoms with Crippen molar-refractivity contribution in [2.75, 3.05) is 19.0 Å². The quantitative estimate of drug-likeness (QED) is 0.591. The molecule has 0 fully saturated rings. The summed E-state index contributed by atoms with van der Waals surface area (Å²) in [4.78, 5) is 5.74. The van der Waals surface area contributed by atoms with Crippen molar-refractivity contribution in [2.24, 2.45) is 4.99 Å². The lowest BCUT2D eigenvalue weighted by molar-refractivity contribution is -0.274. The van der Waals surface area contributed by atoms with Gasteiger partial charge in [0.15, 0.2) is 0 Å². The highest BCUT2D eigenvalue weighted by molar-refractivity contribution is 5.95. The van der Waals surface area contributed by atoms with Gasteiger partial charge in [0.1, 0.15) is 5.75 Å². The number of hydrogen-bond acceptors (Lipinski definition) is 2. The molecule has 0 N–H and O–H groups in total. The van der Waals surface area contributed by atoms with Crippen LogP contribution < -0.4 is 9.64 Å². The number of benzene rings is 1. The number of amidine groups is 1. The van der Waals surface area contributed by atoms with Gasteiger partial charge >= 0.3 is 6.36 Å². The van der Waals surface area contributed by atoms with Gasteiger partial charge in [0.2, 0.25) is 0 Å². The molecule has 0 heterocycles. The Labute approximate surface area is 97.5 Å². The van der Waals surface area contributed by atoms with E-state index in [0.717, 1.165) is 11.5 Å². The second-order valence-electron chi connectivity index (χ2n) is 3.37. The molecule has 17 heavy (non-hydrogen) atoms. The van der Waals surface area contributed by atoms with Crippen molar-refractivity contribution in [1.29, 1.82) is 0 Å². The molecule has 0 radical (unpaired) electrons. The SMILES string of the molecule is CN=C(C)N(C)c1ccc(OC(F)(F)F)cc1. The average molecular weight is 246 g/mol. The van der Waals surface area contributed by atoms with Gasteiger partial charge in [-0.3, -0.25) is 4.99 Å². The summed E-state index contributed by atoms with van der Waals surface area (Å²) in [6.07, 6.45) is -4.66. The molecular weight excluding hydrogens is 233 g/mol. The molecule has 0 bridgehead atoms. The third kappa shape index (κ3) is 3.97. The Balaban J connectivity index is 2.81. The Morgan fingerprint density at radius 3 is 2.18 bits per heavy atom. The first-order valence-electron chi connectivity index (χ1n) is 4.86. The van der Waals surface area contributed by atoms with E-state index >= 15 is 0 Å². The summed E-state index contributed by atoms with van der Waals surface area (Å²) < 4.78 is 39.6. The van der Waals surface area contributed by atoms with Crippen molar-refractivity contribution < 1.29 is 17.9 Å². The van der Waals surface area contributed by atoms with Gasteiger partial charge in [-0.05, 0) is 31.2 Å². The molecule has 0 aromatic heterocycles. The molecule has 3 nitrogen and oxygen atoms in total. The summed E-state index contributed by atoms with van der Waals surface area (Å²) in [5.74, 6) is 0.523. The van der Waals surface area contributed by atoms with Crippen molar-refractivity contribution in [3.05, 3.63) is 24.3 Å². The van der Waals surface area contributed by atoms with Gasteiger partial charge in [-0.1, -0.05) is 0 Å². The van der Waals surface area contributed by atoms with Crippen LogP contribution in [0.2, 0.25) is 0 Å². The summed E-state index contributed by atoms with van der Waals surface area (Å²) in [6, 6.07) is 5.61. The molecule has 0 aliphatic heterocycles. The number of anilines is 1. The lowest BCUT2D eigenvalue weighted by Gasteiger charge is -2.18. The van der Waals surface area contributed by atoms with Crippen LogP contribution in [-0.2, 0) is 0 Å². The molecule has 0 unspecified atom stereocenters. The number of rotatable bonds is 2. The minimum absolute atomic E-state index is 0.235. The zero-order valence-electron chi connectivity index (χ0n) is 9.75. The molecule has 0 amide bonds. The van der Waals surface area contributed by atoms with Gasteiger partial charge < -0.3 is 9.64 Å². The molecule has 1 rings (SSSR count). The van der Waals surface area contributed by atoms with Crippen LogP contribution in [0.1, 0.15) is 6.92 Å². The van der Waals surface area contributed by atoms with E-state index in [4.69, 9.17) is 0 Å². The van der Waals surface area contributed by atoms with E-state index in [2.05, 4.69) is 9.73 Å². The minimum Gasteiger partial charge on any atom is -0.406 e. The third-order valence-corrected chi connectivity index (χ3v) is 2.27. The fourth-order valence-corrected chi connectivity index (χ4v) is 1.21. The first kappa shape index (κ1) is 13.3. The standard InChI is InChI=1S/C11H13F3N2O/c1-8(15-2)16(3)9-4-6-10(7-5-9)17-11(12,13)14/h4-7H,1-3H3. The maximum absolute atomic E-state index is 11.9. The van der Waals surface area contributed by atoms with Gasteiger partial charge in [-0.25, -0.2) is 0 Å². The topological polar surface area (TPSA) is 24.8 Å². The van der Waals surface area contributed by atoms with Crippen LogP contribution in [-0.4, -0.2) is 26.3 Å². The lowest BCUT2D eigenvalue weighted by atomic mass is 10.3. The Morgan fingerprint density at radius 2 is 1.76 bits per heavy atom. The summed E-state index contributed by atoms with van der Waals surface area (Å²) in [5, 5.41) is 0. The van der Waals surface area contributed by atoms with Crippen molar-refractivity contribution in [3.8, 4) is 5.75 Å². The van der Waals surface area contributed by atoms with Crippen molar-refractivity contribution in [3.63, 3.8) is 0 Å². The Hall–Kier alpha value is -1.72. The normalized spacial score (nSPS) is 12.5. The fourth-order valence-electron chi connectivity index (χ4n) is 1.21. The van der Waals surface area contributed by atoms with Crippen LogP contribution in [0.5, 0.6) is 5.75 Å². The van der Waals surface area contributed by atoms with Crippen LogP contribution in [0.3, 0.4) is 0 Å². The number of alkyl halides is 3. The molecule has 94 valence electrons. The first-order valence-corrected chi connectivity index (χ1v) is 4.86. The zero-order chi connectivity index (χ0) is 13.1. The number of ether oxygens (including phenoxy) is 1. The highest BCUT2D eigenvalue weighted by Gasteiger charge is 2.30. The highest BCUT2D eigenvalue weighted by atomic mass is 19.4. The van der Waals surface area contributed by atoms with Crippen LogP contribution in [0.4, 0.5) is 18.9 Å². The van der Waals surface area contributed by atoms with E-state index < -0.39 is 6.36 Å². The van der Waals surface area contributed by atoms with Crippen LogP contribution in [0.15, 0.2) is 29.3 Å². The minimum atomic E-state index is -4.66. The molecule has 1 aromatic carbocycles. The molecule has 0 aliphatic carbocycles. The molecule has 0 spiro atoms. The van der Waals surface area contributed by atoms with Crippen LogP contribution in [0, 0.1) is 0 Å². The van der Waals surface area contributed by atoms with Crippen molar-refractivity contribution in [1.82, 2.24) is 0 Å². The molecular formula is C11H13F3N2O. The highest BCUT2D eigenvalue weighted by Crippen LogP contribution is 2.25. The number of hydrogen-bond donors (Lipinski definition) is 0. The zero-order valence-corrected chi connectivity index (χ0v) is 9.75. The summed E-state index contributed by atoms with van der Waals surface area (Å²) in [7, 11) is 3.43. The summed E-state index contributed by atoms with van der Waals surface area (Å²) in [6.45, 7) is 1.81. The molecule has 1 aromatic rings. The second kappa shape index (κ2) is 5.07. The Morgan fingerprint density at radius 1 is 1.24 bits per heavy atom. The third-order valence-electron chi connectivity index (χ3n) is 2.27. The molecule has 0 saturated heterocycles. The van der Waals surface area contributed by atoms with E-state index in [0.29, 0.717) is 0 Å². The van der Waals surface area contributed by atoms with E-state index in [1.807, 2.05) is 0 Å². The molecule has 0 aliphatic rings. The average Bonchev–Trinajstić information content (AvgIpc) is 2.26. The molecule has 0 atom stereocenters. The molecule has 0 saturated carbocycles. The van der Waals surface area contributed by atoms with Gasteiger partial charge in [0, 0.05) is 19.8 Å².